The first-order chi connectivity index (χ1) is 25.7. The van der Waals surface area contributed by atoms with Crippen LogP contribution in [0.2, 0.25) is 0 Å². The topological polar surface area (TPSA) is 142 Å². The summed E-state index contributed by atoms with van der Waals surface area (Å²) in [5.74, 6) is -4.17. The minimum atomic E-state index is -4.65. The number of rotatable bonds is 14. The number of carbonyl (C=O) groups is 4. The number of para-hydroxylation sites is 1. The molecule has 0 radical (unpaired) electrons. The Morgan fingerprint density at radius 2 is 1.61 bits per heavy atom. The van der Waals surface area contributed by atoms with Gasteiger partial charge in [-0.2, -0.15) is 13.2 Å². The predicted octanol–water partition coefficient (Wildman–Crippen LogP) is 6.11. The molecule has 0 saturated heterocycles. The van der Waals surface area contributed by atoms with Crippen molar-refractivity contribution >= 4 is 34.6 Å². The van der Waals surface area contributed by atoms with E-state index in [1.165, 1.54) is 30.3 Å². The Bertz CT molecular complexity index is 1980. The second-order valence-electron chi connectivity index (χ2n) is 14.1. The molecule has 1 aliphatic carbocycles. The van der Waals surface area contributed by atoms with Crippen LogP contribution < -0.4 is 16.0 Å². The number of hydrogen-bond donors (Lipinski definition) is 4. The van der Waals surface area contributed by atoms with Crippen LogP contribution >= 0.6 is 0 Å². The highest BCUT2D eigenvalue weighted by Crippen LogP contribution is 2.40. The van der Waals surface area contributed by atoms with E-state index < -0.39 is 70.7 Å². The van der Waals surface area contributed by atoms with Gasteiger partial charge in [0, 0.05) is 29.9 Å². The third-order valence-electron chi connectivity index (χ3n) is 10.4. The van der Waals surface area contributed by atoms with Gasteiger partial charge in [0.1, 0.15) is 30.0 Å². The van der Waals surface area contributed by atoms with E-state index in [4.69, 9.17) is 4.74 Å². The first-order valence-electron chi connectivity index (χ1n) is 18.1. The zero-order valence-electron chi connectivity index (χ0n) is 30.6. The summed E-state index contributed by atoms with van der Waals surface area (Å²) in [4.78, 5) is 62.6. The summed E-state index contributed by atoms with van der Waals surface area (Å²) in [7, 11) is 0. The van der Waals surface area contributed by atoms with Crippen LogP contribution in [-0.4, -0.2) is 51.3 Å². The molecule has 14 heteroatoms. The Hall–Kier alpha value is -5.27. The highest BCUT2D eigenvalue weighted by molar-refractivity contribution is 5.98. The van der Waals surface area contributed by atoms with E-state index in [0.717, 1.165) is 6.07 Å². The van der Waals surface area contributed by atoms with Crippen LogP contribution in [0.1, 0.15) is 74.9 Å². The number of H-pyrrole nitrogens is 1. The van der Waals surface area contributed by atoms with Crippen molar-refractivity contribution < 1.29 is 41.5 Å². The molecule has 0 saturated carbocycles. The summed E-state index contributed by atoms with van der Waals surface area (Å²) in [6.07, 6.45) is -1.12. The van der Waals surface area contributed by atoms with Gasteiger partial charge in [0.2, 0.25) is 17.7 Å². The SMILES string of the molecule is CCC(C)[C@H](NC(=O)Cc1ccccc1F)C(=O)N[C@]1(C(=O)N[C@@H](C(=O)OCc2ccncc2)C(C)CC)CCc2[nH]c3c(C(F)(F)F)cccc3c2C1. The van der Waals surface area contributed by atoms with Crippen molar-refractivity contribution in [2.45, 2.75) is 96.6 Å². The fraction of sp³-hybridized carbons (Fsp3) is 0.425. The summed E-state index contributed by atoms with van der Waals surface area (Å²) < 4.78 is 62.1. The molecule has 2 aromatic heterocycles. The number of fused-ring (bicyclic) bond motifs is 3. The number of aromatic amines is 1. The molecule has 54 heavy (non-hydrogen) atoms. The third-order valence-corrected chi connectivity index (χ3v) is 10.4. The average molecular weight is 752 g/mol. The molecule has 5 atom stereocenters. The van der Waals surface area contributed by atoms with Gasteiger partial charge in [-0.1, -0.05) is 70.9 Å². The molecule has 0 aliphatic heterocycles. The first-order valence-corrected chi connectivity index (χ1v) is 18.1. The highest BCUT2D eigenvalue weighted by Gasteiger charge is 2.47. The summed E-state index contributed by atoms with van der Waals surface area (Å²) >= 11 is 0. The number of nitrogens with zero attached hydrogens (tertiary/aromatic N) is 1. The van der Waals surface area contributed by atoms with Crippen molar-refractivity contribution in [3.63, 3.8) is 0 Å². The Morgan fingerprint density at radius 1 is 0.926 bits per heavy atom. The Labute approximate surface area is 310 Å². The van der Waals surface area contributed by atoms with Gasteiger partial charge >= 0.3 is 12.1 Å². The smallest absolute Gasteiger partial charge is 0.418 e. The number of pyridine rings is 1. The number of aromatic nitrogens is 2. The molecule has 2 aromatic carbocycles. The lowest BCUT2D eigenvalue weighted by Crippen LogP contribution is -2.66. The normalized spacial score (nSPS) is 17.8. The van der Waals surface area contributed by atoms with Crippen LogP contribution in [0, 0.1) is 17.7 Å². The van der Waals surface area contributed by atoms with Gasteiger partial charge in [-0.3, -0.25) is 19.4 Å². The van der Waals surface area contributed by atoms with E-state index in [1.54, 1.807) is 44.4 Å². The van der Waals surface area contributed by atoms with Crippen molar-refractivity contribution in [3.8, 4) is 0 Å². The molecule has 288 valence electrons. The van der Waals surface area contributed by atoms with Gasteiger partial charge in [-0.05, 0) is 65.6 Å². The van der Waals surface area contributed by atoms with Crippen LogP contribution in [0.15, 0.2) is 67.0 Å². The molecule has 10 nitrogen and oxygen atoms in total. The van der Waals surface area contributed by atoms with Crippen molar-refractivity contribution in [2.75, 3.05) is 0 Å². The molecule has 0 spiro atoms. The van der Waals surface area contributed by atoms with Gasteiger partial charge in [0.25, 0.3) is 0 Å². The number of ether oxygens (including phenoxy) is 1. The molecular weight excluding hydrogens is 706 g/mol. The highest BCUT2D eigenvalue weighted by atomic mass is 19.4. The summed E-state index contributed by atoms with van der Waals surface area (Å²) in [6, 6.07) is 10.6. The summed E-state index contributed by atoms with van der Waals surface area (Å²) in [5.41, 5.74) is -1.02. The maximum absolute atomic E-state index is 14.7. The number of benzene rings is 2. The van der Waals surface area contributed by atoms with Gasteiger partial charge in [-0.25, -0.2) is 9.18 Å². The van der Waals surface area contributed by atoms with Crippen molar-refractivity contribution in [1.82, 2.24) is 25.9 Å². The monoisotopic (exact) mass is 751 g/mol. The standard InChI is InChI=1S/C40H45F4N5O5/c1-5-23(3)33(47-32(50)20-26-10-7-8-13-30(26)41)36(51)49-39(17-14-31-28(21-39)27-11-9-12-29(35(27)46-31)40(42,43)44)38(53)48-34(24(4)6-2)37(52)54-22-25-15-18-45-19-16-25/h7-13,15-16,18-19,23-24,33-34,46H,5-6,14,17,20-22H2,1-4H3,(H,47,50)(H,48,53)(H,49,51)/t23?,24?,33-,34+,39+/m0/s1. The molecule has 2 heterocycles. The van der Waals surface area contributed by atoms with Crippen LogP contribution in [0.4, 0.5) is 17.6 Å². The fourth-order valence-electron chi connectivity index (χ4n) is 6.79. The van der Waals surface area contributed by atoms with E-state index in [2.05, 4.69) is 25.9 Å². The van der Waals surface area contributed by atoms with E-state index in [9.17, 15) is 36.7 Å². The van der Waals surface area contributed by atoms with Gasteiger partial charge < -0.3 is 25.7 Å². The summed E-state index contributed by atoms with van der Waals surface area (Å²) in [5, 5.41) is 8.69. The number of nitrogens with one attached hydrogen (secondary N) is 4. The lowest BCUT2D eigenvalue weighted by Gasteiger charge is -2.39. The second-order valence-corrected chi connectivity index (χ2v) is 14.1. The van der Waals surface area contributed by atoms with E-state index >= 15 is 0 Å². The molecule has 5 rings (SSSR count). The number of esters is 1. The number of amides is 3. The van der Waals surface area contributed by atoms with Gasteiger partial charge in [-0.15, -0.1) is 0 Å². The van der Waals surface area contributed by atoms with Crippen LogP contribution in [-0.2, 0) is 56.0 Å². The Balaban J connectivity index is 1.49. The van der Waals surface area contributed by atoms with E-state index in [-0.39, 0.29) is 48.8 Å². The molecule has 0 bridgehead atoms. The number of halogens is 4. The minimum Gasteiger partial charge on any atom is -0.459 e. The van der Waals surface area contributed by atoms with Crippen molar-refractivity contribution in [3.05, 3.63) is 101 Å². The average Bonchev–Trinajstić information content (AvgIpc) is 3.52. The lowest BCUT2D eigenvalue weighted by atomic mass is 9.78. The predicted molar refractivity (Wildman–Crippen MR) is 193 cm³/mol. The Morgan fingerprint density at radius 3 is 2.28 bits per heavy atom. The quantitative estimate of drug-likeness (QED) is 0.0905. The van der Waals surface area contributed by atoms with Crippen LogP contribution in [0.25, 0.3) is 10.9 Å². The minimum absolute atomic E-state index is 0.0402. The maximum atomic E-state index is 14.7. The molecule has 0 fully saturated rings. The lowest BCUT2D eigenvalue weighted by molar-refractivity contribution is -0.151. The van der Waals surface area contributed by atoms with Crippen LogP contribution in [0.3, 0.4) is 0 Å². The largest absolute Gasteiger partial charge is 0.459 e. The van der Waals surface area contributed by atoms with E-state index in [1.807, 2.05) is 13.8 Å². The first kappa shape index (κ1) is 39.9. The van der Waals surface area contributed by atoms with E-state index in [0.29, 0.717) is 29.7 Å². The van der Waals surface area contributed by atoms with Crippen molar-refractivity contribution in [1.29, 1.82) is 0 Å². The van der Waals surface area contributed by atoms with Gasteiger partial charge in [0.15, 0.2) is 0 Å². The Kier molecular flexibility index (Phi) is 12.4. The number of alkyl halides is 3. The molecule has 2 unspecified atom stereocenters. The molecule has 4 aromatic rings. The van der Waals surface area contributed by atoms with Gasteiger partial charge in [0.05, 0.1) is 17.5 Å². The molecule has 4 N–H and O–H groups in total. The van der Waals surface area contributed by atoms with Crippen molar-refractivity contribution in [2.24, 2.45) is 11.8 Å². The number of hydrogen-bond acceptors (Lipinski definition) is 6. The third kappa shape index (κ3) is 8.91. The maximum Gasteiger partial charge on any atom is 0.418 e. The number of carbonyl (C=O) groups excluding carboxylic acids is 4. The fourth-order valence-corrected chi connectivity index (χ4v) is 6.79. The molecule has 3 amide bonds. The number of aryl methyl sites for hydroxylation is 1. The zero-order chi connectivity index (χ0) is 39.2. The molecule has 1 aliphatic rings. The molecular formula is C40H45F4N5O5. The van der Waals surface area contributed by atoms with Crippen LogP contribution in [0.5, 0.6) is 0 Å². The second kappa shape index (κ2) is 16.8. The zero-order valence-corrected chi connectivity index (χ0v) is 30.6. The summed E-state index contributed by atoms with van der Waals surface area (Å²) in [6.45, 7) is 7.10.